The van der Waals surface area contributed by atoms with Crippen molar-refractivity contribution < 1.29 is 9.49 Å². The molecule has 18 heavy (non-hydrogen) atoms. The average molecular weight is 243 g/mol. The molecule has 0 spiro atoms. The summed E-state index contributed by atoms with van der Waals surface area (Å²) in [5.41, 5.74) is 4.51. The molecule has 0 saturated carbocycles. The topological polar surface area (TPSA) is 47.0 Å². The van der Waals surface area contributed by atoms with Gasteiger partial charge >= 0.3 is 0 Å². The second-order valence-corrected chi connectivity index (χ2v) is 4.39. The van der Waals surface area contributed by atoms with Gasteiger partial charge in [-0.3, -0.25) is 10.1 Å². The summed E-state index contributed by atoms with van der Waals surface area (Å²) in [6, 6.07) is 10.8. The number of pyridine rings is 1. The summed E-state index contributed by atoms with van der Waals surface area (Å²) in [4.78, 5) is 10.2. The smallest absolute Gasteiger partial charge is 0.258 e. The van der Waals surface area contributed by atoms with Crippen molar-refractivity contribution in [3.63, 3.8) is 0 Å². The zero-order valence-electron chi connectivity index (χ0n) is 10.7. The fraction of sp³-hybridized carbons (Fsp3) is 0.214. The van der Waals surface area contributed by atoms with Crippen molar-refractivity contribution in [1.82, 2.24) is 0 Å². The van der Waals surface area contributed by atoms with Crippen LogP contribution in [-0.2, 0) is 7.05 Å². The van der Waals surface area contributed by atoms with Crippen LogP contribution in [0.2, 0.25) is 0 Å². The van der Waals surface area contributed by atoms with Gasteiger partial charge in [0.05, 0.1) is 4.92 Å². The molecular formula is C14H15N2O2+. The second-order valence-electron chi connectivity index (χ2n) is 4.39. The third kappa shape index (κ3) is 2.22. The first-order chi connectivity index (χ1) is 8.49. The summed E-state index contributed by atoms with van der Waals surface area (Å²) in [5.74, 6) is 0. The molecule has 2 aromatic rings. The molecule has 0 bridgehead atoms. The van der Waals surface area contributed by atoms with Crippen LogP contribution in [0.5, 0.6) is 0 Å². The number of nitro groups is 1. The largest absolute Gasteiger partial charge is 0.269 e. The summed E-state index contributed by atoms with van der Waals surface area (Å²) in [7, 11) is 2.02. The summed E-state index contributed by atoms with van der Waals surface area (Å²) >= 11 is 0. The van der Waals surface area contributed by atoms with E-state index in [4.69, 9.17) is 0 Å². The minimum absolute atomic E-state index is 0.119. The van der Waals surface area contributed by atoms with E-state index in [2.05, 4.69) is 16.7 Å². The molecule has 0 aliphatic heterocycles. The highest BCUT2D eigenvalue weighted by molar-refractivity contribution is 5.64. The van der Waals surface area contributed by atoms with Crippen molar-refractivity contribution >= 4 is 5.69 Å². The zero-order valence-corrected chi connectivity index (χ0v) is 10.7. The molecular weight excluding hydrogens is 228 g/mol. The molecule has 0 unspecified atom stereocenters. The first-order valence-corrected chi connectivity index (χ1v) is 5.71. The quantitative estimate of drug-likeness (QED) is 0.462. The highest BCUT2D eigenvalue weighted by Crippen LogP contribution is 2.22. The number of nitrogens with zero attached hydrogens (tertiary/aromatic N) is 2. The fourth-order valence-electron chi connectivity index (χ4n) is 1.91. The van der Waals surface area contributed by atoms with E-state index < -0.39 is 0 Å². The van der Waals surface area contributed by atoms with Gasteiger partial charge in [-0.1, -0.05) is 0 Å². The molecule has 0 aliphatic rings. The molecule has 1 heterocycles. The molecule has 0 fully saturated rings. The van der Waals surface area contributed by atoms with E-state index in [1.165, 1.54) is 12.1 Å². The van der Waals surface area contributed by atoms with E-state index in [1.54, 1.807) is 12.1 Å². The van der Waals surface area contributed by atoms with E-state index in [0.29, 0.717) is 0 Å². The van der Waals surface area contributed by atoms with Crippen LogP contribution in [0.1, 0.15) is 11.4 Å². The SMILES string of the molecule is Cc1cc(-c2ccc([N+](=O)[O-])cc2)cc(C)[n+]1C. The monoisotopic (exact) mass is 243 g/mol. The Bertz CT molecular complexity index is 581. The van der Waals surface area contributed by atoms with Crippen LogP contribution in [0.4, 0.5) is 5.69 Å². The summed E-state index contributed by atoms with van der Waals surface area (Å²) in [6.45, 7) is 4.09. The Balaban J connectivity index is 2.46. The number of nitro benzene ring substituents is 1. The van der Waals surface area contributed by atoms with Crippen LogP contribution >= 0.6 is 0 Å². The van der Waals surface area contributed by atoms with Crippen LogP contribution in [-0.4, -0.2) is 4.92 Å². The Kier molecular flexibility index (Phi) is 3.10. The lowest BCUT2D eigenvalue weighted by Crippen LogP contribution is -2.35. The number of hydrogen-bond donors (Lipinski definition) is 0. The first-order valence-electron chi connectivity index (χ1n) is 5.71. The highest BCUT2D eigenvalue weighted by atomic mass is 16.6. The van der Waals surface area contributed by atoms with Gasteiger partial charge in [0.1, 0.15) is 7.05 Å². The molecule has 1 aromatic carbocycles. The van der Waals surface area contributed by atoms with Gasteiger partial charge in [0.15, 0.2) is 11.4 Å². The van der Waals surface area contributed by atoms with Gasteiger partial charge in [-0.25, -0.2) is 4.57 Å². The van der Waals surface area contributed by atoms with E-state index >= 15 is 0 Å². The van der Waals surface area contributed by atoms with Crippen molar-refractivity contribution in [2.24, 2.45) is 7.05 Å². The highest BCUT2D eigenvalue weighted by Gasteiger charge is 2.10. The third-order valence-electron chi connectivity index (χ3n) is 3.20. The van der Waals surface area contributed by atoms with E-state index in [1.807, 2.05) is 20.9 Å². The maximum Gasteiger partial charge on any atom is 0.269 e. The maximum atomic E-state index is 10.6. The Morgan fingerprint density at radius 2 is 1.50 bits per heavy atom. The van der Waals surface area contributed by atoms with Gasteiger partial charge in [-0.15, -0.1) is 0 Å². The lowest BCUT2D eigenvalue weighted by atomic mass is 10.0. The summed E-state index contributed by atoms with van der Waals surface area (Å²) < 4.78 is 2.11. The number of aryl methyl sites for hydroxylation is 2. The Morgan fingerprint density at radius 3 is 1.94 bits per heavy atom. The van der Waals surface area contributed by atoms with Gasteiger partial charge in [0.2, 0.25) is 0 Å². The van der Waals surface area contributed by atoms with Crippen molar-refractivity contribution in [3.05, 3.63) is 57.9 Å². The van der Waals surface area contributed by atoms with Crippen LogP contribution in [0, 0.1) is 24.0 Å². The van der Waals surface area contributed by atoms with Crippen molar-refractivity contribution in [2.45, 2.75) is 13.8 Å². The van der Waals surface area contributed by atoms with Gasteiger partial charge in [-0.2, -0.15) is 0 Å². The standard InChI is InChI=1S/C14H15N2O2/c1-10-8-13(9-11(2)15(10)3)12-4-6-14(7-5-12)16(17)18/h4-9H,1-3H3/q+1. The van der Waals surface area contributed by atoms with Crippen LogP contribution < -0.4 is 4.57 Å². The van der Waals surface area contributed by atoms with E-state index in [-0.39, 0.29) is 10.6 Å². The molecule has 0 radical (unpaired) electrons. The molecule has 92 valence electrons. The van der Waals surface area contributed by atoms with Gasteiger partial charge < -0.3 is 0 Å². The zero-order chi connectivity index (χ0) is 13.3. The second kappa shape index (κ2) is 4.56. The predicted octanol–water partition coefficient (Wildman–Crippen LogP) is 2.70. The van der Waals surface area contributed by atoms with Crippen LogP contribution in [0.15, 0.2) is 36.4 Å². The van der Waals surface area contributed by atoms with Crippen molar-refractivity contribution in [3.8, 4) is 11.1 Å². The van der Waals surface area contributed by atoms with Crippen molar-refractivity contribution in [2.75, 3.05) is 0 Å². The normalized spacial score (nSPS) is 10.4. The van der Waals surface area contributed by atoms with Gasteiger partial charge in [0.25, 0.3) is 5.69 Å². The van der Waals surface area contributed by atoms with Crippen LogP contribution in [0.25, 0.3) is 11.1 Å². The van der Waals surface area contributed by atoms with Gasteiger partial charge in [-0.05, 0) is 23.3 Å². The number of non-ortho nitro benzene ring substituents is 1. The minimum Gasteiger partial charge on any atom is -0.258 e. The molecule has 1 aromatic heterocycles. The van der Waals surface area contributed by atoms with Crippen LogP contribution in [0.3, 0.4) is 0 Å². The Hall–Kier alpha value is -2.23. The number of aromatic nitrogens is 1. The lowest BCUT2D eigenvalue weighted by Gasteiger charge is -2.04. The third-order valence-corrected chi connectivity index (χ3v) is 3.20. The molecule has 0 amide bonds. The fourth-order valence-corrected chi connectivity index (χ4v) is 1.91. The number of benzene rings is 1. The summed E-state index contributed by atoms with van der Waals surface area (Å²) in [5, 5.41) is 10.6. The maximum absolute atomic E-state index is 10.6. The molecule has 2 rings (SSSR count). The first kappa shape index (κ1) is 12.2. The molecule has 0 atom stereocenters. The Labute approximate surface area is 106 Å². The Morgan fingerprint density at radius 1 is 1.00 bits per heavy atom. The average Bonchev–Trinajstić information content (AvgIpc) is 2.35. The molecule has 0 saturated heterocycles. The number of rotatable bonds is 2. The number of hydrogen-bond acceptors (Lipinski definition) is 2. The van der Waals surface area contributed by atoms with E-state index in [9.17, 15) is 10.1 Å². The lowest BCUT2D eigenvalue weighted by molar-refractivity contribution is -0.683. The molecule has 4 heteroatoms. The van der Waals surface area contributed by atoms with Gasteiger partial charge in [0, 0.05) is 38.1 Å². The molecule has 0 aliphatic carbocycles. The van der Waals surface area contributed by atoms with E-state index in [0.717, 1.165) is 22.5 Å². The van der Waals surface area contributed by atoms with Crippen molar-refractivity contribution in [1.29, 1.82) is 0 Å². The minimum atomic E-state index is -0.384. The predicted molar refractivity (Wildman–Crippen MR) is 69.2 cm³/mol. The molecule has 0 N–H and O–H groups in total. The summed E-state index contributed by atoms with van der Waals surface area (Å²) in [6.07, 6.45) is 0. The molecule has 4 nitrogen and oxygen atoms in total.